The zero-order chi connectivity index (χ0) is 16.9. The number of aromatic carboxylic acids is 1. The zero-order valence-corrected chi connectivity index (χ0v) is 12.7. The number of nitrogens with one attached hydrogen (secondary N) is 1. The van der Waals surface area contributed by atoms with E-state index in [0.717, 1.165) is 5.56 Å². The van der Waals surface area contributed by atoms with Crippen LogP contribution in [0.2, 0.25) is 0 Å². The van der Waals surface area contributed by atoms with Gasteiger partial charge in [0, 0.05) is 12.4 Å². The van der Waals surface area contributed by atoms with E-state index in [2.05, 4.69) is 15.5 Å². The number of carbonyl (C=O) groups excluding carboxylic acids is 1. The number of aromatic nitrogens is 4. The van der Waals surface area contributed by atoms with Crippen molar-refractivity contribution in [3.8, 4) is 0 Å². The van der Waals surface area contributed by atoms with Crippen LogP contribution in [0.4, 0.5) is 5.69 Å². The first-order valence-corrected chi connectivity index (χ1v) is 7.22. The number of nitrogens with zero attached hydrogens (tertiary/aromatic N) is 4. The van der Waals surface area contributed by atoms with Gasteiger partial charge in [0.1, 0.15) is 6.54 Å². The van der Waals surface area contributed by atoms with Gasteiger partial charge in [0.15, 0.2) is 0 Å². The third kappa shape index (κ3) is 3.86. The molecule has 8 nitrogen and oxygen atoms in total. The molecule has 1 amide bonds. The molecule has 2 aromatic heterocycles. The monoisotopic (exact) mass is 325 g/mol. The minimum Gasteiger partial charge on any atom is -0.478 e. The van der Waals surface area contributed by atoms with Gasteiger partial charge >= 0.3 is 5.97 Å². The van der Waals surface area contributed by atoms with Crippen LogP contribution in [0.15, 0.2) is 55.1 Å². The molecule has 0 aliphatic heterocycles. The van der Waals surface area contributed by atoms with Gasteiger partial charge in [0.05, 0.1) is 30.2 Å². The normalized spacial score (nSPS) is 10.5. The molecule has 0 fully saturated rings. The highest BCUT2D eigenvalue weighted by Gasteiger charge is 2.10. The first-order valence-electron chi connectivity index (χ1n) is 7.22. The van der Waals surface area contributed by atoms with E-state index in [9.17, 15) is 9.59 Å². The van der Waals surface area contributed by atoms with Gasteiger partial charge in [-0.25, -0.2) is 4.79 Å². The van der Waals surface area contributed by atoms with Crippen molar-refractivity contribution < 1.29 is 14.7 Å². The average Bonchev–Trinajstić information content (AvgIpc) is 3.18. The number of benzene rings is 1. The summed E-state index contributed by atoms with van der Waals surface area (Å²) in [4.78, 5) is 22.8. The quantitative estimate of drug-likeness (QED) is 0.714. The van der Waals surface area contributed by atoms with Gasteiger partial charge in [-0.05, 0) is 5.56 Å². The summed E-state index contributed by atoms with van der Waals surface area (Å²) in [6.07, 6.45) is 5.80. The number of amides is 1. The molecule has 3 rings (SSSR count). The van der Waals surface area contributed by atoms with Crippen molar-refractivity contribution in [1.29, 1.82) is 0 Å². The van der Waals surface area contributed by atoms with Crippen molar-refractivity contribution in [3.05, 3.63) is 66.2 Å². The molecule has 0 atom stereocenters. The summed E-state index contributed by atoms with van der Waals surface area (Å²) in [5, 5.41) is 19.6. The van der Waals surface area contributed by atoms with Crippen LogP contribution in [0.3, 0.4) is 0 Å². The average molecular weight is 325 g/mol. The lowest BCUT2D eigenvalue weighted by molar-refractivity contribution is -0.116. The van der Waals surface area contributed by atoms with E-state index in [0.29, 0.717) is 12.2 Å². The molecular formula is C16H15N5O3. The van der Waals surface area contributed by atoms with E-state index in [4.69, 9.17) is 5.11 Å². The number of hydrogen-bond acceptors (Lipinski definition) is 4. The Morgan fingerprint density at radius 2 is 1.79 bits per heavy atom. The predicted octanol–water partition coefficient (Wildman–Crippen LogP) is 1.46. The van der Waals surface area contributed by atoms with Crippen LogP contribution in [0.25, 0.3) is 0 Å². The van der Waals surface area contributed by atoms with Crippen LogP contribution in [0.1, 0.15) is 15.9 Å². The van der Waals surface area contributed by atoms with E-state index < -0.39 is 5.97 Å². The van der Waals surface area contributed by atoms with E-state index in [1.54, 1.807) is 17.1 Å². The fourth-order valence-corrected chi connectivity index (χ4v) is 2.19. The van der Waals surface area contributed by atoms with Gasteiger partial charge < -0.3 is 10.4 Å². The highest BCUT2D eigenvalue weighted by Crippen LogP contribution is 2.08. The first kappa shape index (κ1) is 15.5. The summed E-state index contributed by atoms with van der Waals surface area (Å²) in [6.45, 7) is 0.537. The highest BCUT2D eigenvalue weighted by atomic mass is 16.4. The first-order chi connectivity index (χ1) is 11.6. The van der Waals surface area contributed by atoms with Crippen molar-refractivity contribution in [3.63, 3.8) is 0 Å². The van der Waals surface area contributed by atoms with Crippen LogP contribution >= 0.6 is 0 Å². The molecule has 0 aliphatic rings. The Balaban J connectivity index is 1.57. The fraction of sp³-hybridized carbons (Fsp3) is 0.125. The Labute approximate surface area is 137 Å². The van der Waals surface area contributed by atoms with Crippen molar-refractivity contribution in [2.45, 2.75) is 13.1 Å². The number of carbonyl (C=O) groups is 2. The Hall–Kier alpha value is -3.42. The Bertz CT molecular complexity index is 853. The fourth-order valence-electron chi connectivity index (χ4n) is 2.19. The summed E-state index contributed by atoms with van der Waals surface area (Å²) in [5.74, 6) is -1.39. The molecule has 0 unspecified atom stereocenters. The Morgan fingerprint density at radius 3 is 2.50 bits per heavy atom. The molecule has 8 heteroatoms. The van der Waals surface area contributed by atoms with Crippen LogP contribution in [-0.2, 0) is 17.9 Å². The molecule has 2 N–H and O–H groups in total. The van der Waals surface area contributed by atoms with Crippen molar-refractivity contribution in [2.24, 2.45) is 0 Å². The third-order valence-electron chi connectivity index (χ3n) is 3.29. The van der Waals surface area contributed by atoms with Gasteiger partial charge in [-0.3, -0.25) is 14.2 Å². The van der Waals surface area contributed by atoms with Gasteiger partial charge in [-0.2, -0.15) is 10.2 Å². The molecule has 0 saturated carbocycles. The van der Waals surface area contributed by atoms with E-state index >= 15 is 0 Å². The van der Waals surface area contributed by atoms with Gasteiger partial charge in [-0.1, -0.05) is 30.3 Å². The lowest BCUT2D eigenvalue weighted by atomic mass is 10.2. The molecule has 0 bridgehead atoms. The van der Waals surface area contributed by atoms with Crippen LogP contribution in [0, 0.1) is 0 Å². The molecule has 3 aromatic rings. The molecule has 24 heavy (non-hydrogen) atoms. The van der Waals surface area contributed by atoms with Crippen molar-refractivity contribution in [2.75, 3.05) is 5.32 Å². The molecule has 122 valence electrons. The largest absolute Gasteiger partial charge is 0.478 e. The molecular weight excluding hydrogens is 310 g/mol. The second-order valence-electron chi connectivity index (χ2n) is 5.19. The smallest absolute Gasteiger partial charge is 0.338 e. The molecule has 0 aliphatic carbocycles. The van der Waals surface area contributed by atoms with Crippen LogP contribution in [0.5, 0.6) is 0 Å². The lowest BCUT2D eigenvalue weighted by Gasteiger charge is -2.03. The number of carboxylic acid groups (broad SMARTS) is 1. The lowest BCUT2D eigenvalue weighted by Crippen LogP contribution is -2.18. The Kier molecular flexibility index (Phi) is 4.37. The number of carboxylic acids is 1. The van der Waals surface area contributed by atoms with Crippen molar-refractivity contribution >= 4 is 17.6 Å². The molecule has 0 spiro atoms. The van der Waals surface area contributed by atoms with Gasteiger partial charge in [0.25, 0.3) is 0 Å². The van der Waals surface area contributed by atoms with E-state index in [1.807, 2.05) is 30.3 Å². The van der Waals surface area contributed by atoms with Gasteiger partial charge in [0.2, 0.25) is 5.91 Å². The third-order valence-corrected chi connectivity index (χ3v) is 3.29. The number of anilines is 1. The minimum atomic E-state index is -1.08. The molecule has 0 saturated heterocycles. The highest BCUT2D eigenvalue weighted by molar-refractivity contribution is 5.90. The SMILES string of the molecule is O=C(Cn1cc(C(=O)O)cn1)Nc1cnn(Cc2ccccc2)c1. The summed E-state index contributed by atoms with van der Waals surface area (Å²) < 4.78 is 2.99. The number of hydrogen-bond donors (Lipinski definition) is 2. The minimum absolute atomic E-state index is 0.0403. The Morgan fingerprint density at radius 1 is 1.04 bits per heavy atom. The molecule has 1 aromatic carbocycles. The summed E-state index contributed by atoms with van der Waals surface area (Å²) >= 11 is 0. The van der Waals surface area contributed by atoms with Crippen molar-refractivity contribution in [1.82, 2.24) is 19.6 Å². The van der Waals surface area contributed by atoms with Crippen LogP contribution in [-0.4, -0.2) is 36.5 Å². The number of rotatable bonds is 6. The van der Waals surface area contributed by atoms with E-state index in [-0.39, 0.29) is 18.0 Å². The zero-order valence-electron chi connectivity index (χ0n) is 12.7. The van der Waals surface area contributed by atoms with Gasteiger partial charge in [-0.15, -0.1) is 0 Å². The topological polar surface area (TPSA) is 102 Å². The standard InChI is InChI=1S/C16H15N5O3/c22-15(11-21-9-13(6-17-21)16(23)24)19-14-7-18-20(10-14)8-12-4-2-1-3-5-12/h1-7,9-10H,8,11H2,(H,19,22)(H,23,24). The maximum atomic E-state index is 12.0. The second-order valence-corrected chi connectivity index (χ2v) is 5.19. The maximum Gasteiger partial charge on any atom is 0.338 e. The summed E-state index contributed by atoms with van der Waals surface area (Å²) in [7, 11) is 0. The molecule has 2 heterocycles. The van der Waals surface area contributed by atoms with Crippen LogP contribution < -0.4 is 5.32 Å². The van der Waals surface area contributed by atoms with E-state index in [1.165, 1.54) is 17.1 Å². The maximum absolute atomic E-state index is 12.0. The summed E-state index contributed by atoms with van der Waals surface area (Å²) in [5.41, 5.74) is 1.72. The second kappa shape index (κ2) is 6.78. The summed E-state index contributed by atoms with van der Waals surface area (Å²) in [6, 6.07) is 9.85. The molecule has 0 radical (unpaired) electrons. The predicted molar refractivity (Wildman–Crippen MR) is 85.6 cm³/mol.